The van der Waals surface area contributed by atoms with E-state index in [-0.39, 0.29) is 0 Å². The van der Waals surface area contributed by atoms with Gasteiger partial charge in [-0.25, -0.2) is 15.0 Å². The Morgan fingerprint density at radius 3 is 2.56 bits per heavy atom. The number of imidazole rings is 1. The number of nitrogens with zero attached hydrogens (tertiary/aromatic N) is 4. The summed E-state index contributed by atoms with van der Waals surface area (Å²) in [6, 6.07) is 5.73. The molecule has 90 valence electrons. The summed E-state index contributed by atoms with van der Waals surface area (Å²) in [5, 5.41) is 0.715. The lowest BCUT2D eigenvalue weighted by Crippen LogP contribution is -1.96. The van der Waals surface area contributed by atoms with E-state index < -0.39 is 0 Å². The van der Waals surface area contributed by atoms with Gasteiger partial charge in [-0.2, -0.15) is 0 Å². The zero-order chi connectivity index (χ0) is 12.7. The summed E-state index contributed by atoms with van der Waals surface area (Å²) in [4.78, 5) is 12.7. The van der Waals surface area contributed by atoms with Crippen LogP contribution in [0.4, 0.5) is 0 Å². The van der Waals surface area contributed by atoms with Gasteiger partial charge in [0, 0.05) is 11.8 Å². The molecule has 0 aliphatic carbocycles. The summed E-state index contributed by atoms with van der Waals surface area (Å²) in [6.07, 6.45) is 3.59. The maximum absolute atomic E-state index is 6.02. The molecule has 0 radical (unpaired) electrons. The maximum atomic E-state index is 6.02. The Labute approximate surface area is 113 Å². The molecule has 3 aromatic rings. The van der Waals surface area contributed by atoms with E-state index in [2.05, 4.69) is 15.0 Å². The van der Waals surface area contributed by atoms with Gasteiger partial charge in [0.1, 0.15) is 21.6 Å². The molecule has 6 heteroatoms. The number of pyridine rings is 1. The van der Waals surface area contributed by atoms with Gasteiger partial charge in [0.05, 0.1) is 6.20 Å². The van der Waals surface area contributed by atoms with Crippen LogP contribution >= 0.6 is 23.2 Å². The summed E-state index contributed by atoms with van der Waals surface area (Å²) >= 11 is 12.0. The van der Waals surface area contributed by atoms with Crippen molar-refractivity contribution in [2.45, 2.75) is 6.92 Å². The molecule has 3 aromatic heterocycles. The van der Waals surface area contributed by atoms with E-state index in [4.69, 9.17) is 23.2 Å². The quantitative estimate of drug-likeness (QED) is 0.641. The molecule has 3 rings (SSSR count). The zero-order valence-corrected chi connectivity index (χ0v) is 10.9. The van der Waals surface area contributed by atoms with Crippen LogP contribution in [0.5, 0.6) is 0 Å². The van der Waals surface area contributed by atoms with Crippen molar-refractivity contribution in [1.29, 1.82) is 0 Å². The van der Waals surface area contributed by atoms with Gasteiger partial charge in [-0.1, -0.05) is 29.3 Å². The molecule has 3 heterocycles. The standard InChI is InChI=1S/C12H8Cl2N4/c1-7-10(13)16-12(17-11(7)14)8-6-15-9-4-2-3-5-18(8)9/h2-6H,1H3. The number of hydrogen-bond donors (Lipinski definition) is 0. The van der Waals surface area contributed by atoms with Crippen LogP contribution in [-0.2, 0) is 0 Å². The van der Waals surface area contributed by atoms with E-state index in [0.717, 1.165) is 11.3 Å². The lowest BCUT2D eigenvalue weighted by Gasteiger charge is -2.04. The summed E-state index contributed by atoms with van der Waals surface area (Å²) in [7, 11) is 0. The molecule has 0 saturated carbocycles. The van der Waals surface area contributed by atoms with Gasteiger partial charge in [0.15, 0.2) is 5.82 Å². The molecule has 0 spiro atoms. The lowest BCUT2D eigenvalue weighted by molar-refractivity contribution is 1.09. The Bertz CT molecular complexity index is 713. The van der Waals surface area contributed by atoms with Crippen molar-refractivity contribution in [3.05, 3.63) is 46.5 Å². The van der Waals surface area contributed by atoms with Gasteiger partial charge in [-0.05, 0) is 19.1 Å². The minimum Gasteiger partial charge on any atom is -0.297 e. The van der Waals surface area contributed by atoms with Gasteiger partial charge >= 0.3 is 0 Å². The van der Waals surface area contributed by atoms with E-state index in [1.807, 2.05) is 28.8 Å². The van der Waals surface area contributed by atoms with Gasteiger partial charge in [-0.3, -0.25) is 4.40 Å². The minimum absolute atomic E-state index is 0.357. The van der Waals surface area contributed by atoms with Gasteiger partial charge in [0.2, 0.25) is 0 Å². The summed E-state index contributed by atoms with van der Waals surface area (Å²) in [5.74, 6) is 0.467. The molecular formula is C12H8Cl2N4. The van der Waals surface area contributed by atoms with E-state index in [1.165, 1.54) is 0 Å². The second-order valence-electron chi connectivity index (χ2n) is 3.83. The largest absolute Gasteiger partial charge is 0.297 e. The Balaban J connectivity index is 2.26. The Morgan fingerprint density at radius 1 is 1.11 bits per heavy atom. The lowest BCUT2D eigenvalue weighted by atomic mass is 10.3. The molecule has 4 nitrogen and oxygen atoms in total. The van der Waals surface area contributed by atoms with Crippen LogP contribution in [-0.4, -0.2) is 19.4 Å². The van der Waals surface area contributed by atoms with E-state index >= 15 is 0 Å². The number of rotatable bonds is 1. The first kappa shape index (κ1) is 11.4. The first-order valence-electron chi connectivity index (χ1n) is 5.29. The van der Waals surface area contributed by atoms with Crippen molar-refractivity contribution >= 4 is 28.8 Å². The second kappa shape index (κ2) is 4.23. The molecule has 0 amide bonds. The number of fused-ring (bicyclic) bond motifs is 1. The predicted octanol–water partition coefficient (Wildman–Crippen LogP) is 3.41. The SMILES string of the molecule is Cc1c(Cl)nc(-c2cnc3ccccn23)nc1Cl. The van der Waals surface area contributed by atoms with Crippen molar-refractivity contribution in [2.75, 3.05) is 0 Å². The fourth-order valence-electron chi connectivity index (χ4n) is 1.68. The van der Waals surface area contributed by atoms with Crippen molar-refractivity contribution in [2.24, 2.45) is 0 Å². The van der Waals surface area contributed by atoms with Crippen LogP contribution in [0.1, 0.15) is 5.56 Å². The highest BCUT2D eigenvalue weighted by molar-refractivity contribution is 6.34. The van der Waals surface area contributed by atoms with Crippen molar-refractivity contribution in [3.8, 4) is 11.5 Å². The fourth-order valence-corrected chi connectivity index (χ4v) is 2.06. The zero-order valence-electron chi connectivity index (χ0n) is 9.43. The molecule has 0 aliphatic rings. The van der Waals surface area contributed by atoms with Crippen molar-refractivity contribution < 1.29 is 0 Å². The molecule has 0 unspecified atom stereocenters. The topological polar surface area (TPSA) is 43.1 Å². The van der Waals surface area contributed by atoms with Crippen LogP contribution in [0.2, 0.25) is 10.3 Å². The maximum Gasteiger partial charge on any atom is 0.181 e. The van der Waals surface area contributed by atoms with Crippen molar-refractivity contribution in [1.82, 2.24) is 19.4 Å². The molecule has 0 fully saturated rings. The Kier molecular flexibility index (Phi) is 2.69. The third kappa shape index (κ3) is 1.74. The van der Waals surface area contributed by atoms with Gasteiger partial charge in [-0.15, -0.1) is 0 Å². The molecule has 0 aromatic carbocycles. The monoisotopic (exact) mass is 278 g/mol. The van der Waals surface area contributed by atoms with Crippen molar-refractivity contribution in [3.63, 3.8) is 0 Å². The molecule has 18 heavy (non-hydrogen) atoms. The van der Waals surface area contributed by atoms with Gasteiger partial charge < -0.3 is 0 Å². The highest BCUT2D eigenvalue weighted by Gasteiger charge is 2.12. The third-order valence-corrected chi connectivity index (χ3v) is 3.41. The summed E-state index contributed by atoms with van der Waals surface area (Å²) < 4.78 is 1.89. The summed E-state index contributed by atoms with van der Waals surface area (Å²) in [5.41, 5.74) is 2.26. The second-order valence-corrected chi connectivity index (χ2v) is 4.54. The van der Waals surface area contributed by atoms with E-state index in [1.54, 1.807) is 13.1 Å². The molecule has 0 aliphatic heterocycles. The Hall–Kier alpha value is -1.65. The molecule has 0 saturated heterocycles. The van der Waals surface area contributed by atoms with Crippen LogP contribution in [0, 0.1) is 6.92 Å². The van der Waals surface area contributed by atoms with Crippen LogP contribution in [0.15, 0.2) is 30.6 Å². The van der Waals surface area contributed by atoms with Crippen LogP contribution in [0.25, 0.3) is 17.2 Å². The average molecular weight is 279 g/mol. The third-order valence-electron chi connectivity index (χ3n) is 2.67. The number of aromatic nitrogens is 4. The molecular weight excluding hydrogens is 271 g/mol. The molecule has 0 N–H and O–H groups in total. The smallest absolute Gasteiger partial charge is 0.181 e. The fraction of sp³-hybridized carbons (Fsp3) is 0.0833. The predicted molar refractivity (Wildman–Crippen MR) is 71.0 cm³/mol. The van der Waals surface area contributed by atoms with Crippen LogP contribution < -0.4 is 0 Å². The normalized spacial score (nSPS) is 11.1. The number of halogens is 2. The van der Waals surface area contributed by atoms with E-state index in [9.17, 15) is 0 Å². The molecule has 0 bridgehead atoms. The number of hydrogen-bond acceptors (Lipinski definition) is 3. The highest BCUT2D eigenvalue weighted by Crippen LogP contribution is 2.25. The first-order valence-corrected chi connectivity index (χ1v) is 6.04. The van der Waals surface area contributed by atoms with Crippen LogP contribution in [0.3, 0.4) is 0 Å². The average Bonchev–Trinajstić information content (AvgIpc) is 2.79. The first-order chi connectivity index (χ1) is 8.66. The minimum atomic E-state index is 0.357. The summed E-state index contributed by atoms with van der Waals surface area (Å²) in [6.45, 7) is 1.78. The molecule has 0 atom stereocenters. The van der Waals surface area contributed by atoms with E-state index in [0.29, 0.717) is 21.7 Å². The highest BCUT2D eigenvalue weighted by atomic mass is 35.5. The van der Waals surface area contributed by atoms with Gasteiger partial charge in [0.25, 0.3) is 0 Å². The Morgan fingerprint density at radius 2 is 1.83 bits per heavy atom.